The first-order valence-corrected chi connectivity index (χ1v) is 8.57. The molecule has 0 aromatic heterocycles. The zero-order chi connectivity index (χ0) is 17.2. The standard InChI is InChI=1S/C22H20FNO/c23-21-13-22-19(8-9-24-22)12-20(21)11-16-2-1-3-18(10-16)17-6-4-15(14-25)5-7-17/h1-7,10,12-13,24-25H,8-9,11,14H2. The van der Waals surface area contributed by atoms with Crippen molar-refractivity contribution in [2.45, 2.75) is 19.4 Å². The Kier molecular flexibility index (Phi) is 4.24. The first-order valence-electron chi connectivity index (χ1n) is 8.57. The fourth-order valence-electron chi connectivity index (χ4n) is 3.39. The summed E-state index contributed by atoms with van der Waals surface area (Å²) < 4.78 is 14.4. The average Bonchev–Trinajstić information content (AvgIpc) is 3.09. The number of anilines is 1. The van der Waals surface area contributed by atoms with Gasteiger partial charge < -0.3 is 10.4 Å². The van der Waals surface area contributed by atoms with Crippen molar-refractivity contribution in [3.05, 3.63) is 88.7 Å². The third-order valence-electron chi connectivity index (χ3n) is 4.77. The predicted molar refractivity (Wildman–Crippen MR) is 99.2 cm³/mol. The molecular formula is C22H20FNO. The van der Waals surface area contributed by atoms with Crippen LogP contribution in [0.15, 0.2) is 60.7 Å². The molecule has 3 aromatic carbocycles. The van der Waals surface area contributed by atoms with Crippen molar-refractivity contribution in [3.63, 3.8) is 0 Å². The summed E-state index contributed by atoms with van der Waals surface area (Å²) in [6.07, 6.45) is 1.54. The Labute approximate surface area is 147 Å². The molecule has 3 heteroatoms. The van der Waals surface area contributed by atoms with Crippen molar-refractivity contribution in [1.29, 1.82) is 0 Å². The van der Waals surface area contributed by atoms with Gasteiger partial charge in [0.15, 0.2) is 0 Å². The molecule has 0 bridgehead atoms. The second kappa shape index (κ2) is 6.69. The van der Waals surface area contributed by atoms with Gasteiger partial charge in [-0.15, -0.1) is 0 Å². The van der Waals surface area contributed by atoms with Crippen LogP contribution in [0.4, 0.5) is 10.1 Å². The highest BCUT2D eigenvalue weighted by Crippen LogP contribution is 2.28. The van der Waals surface area contributed by atoms with Crippen molar-refractivity contribution in [2.24, 2.45) is 0 Å². The highest BCUT2D eigenvalue weighted by molar-refractivity contribution is 5.65. The van der Waals surface area contributed by atoms with Crippen molar-refractivity contribution in [1.82, 2.24) is 0 Å². The van der Waals surface area contributed by atoms with E-state index in [-0.39, 0.29) is 12.4 Å². The number of halogens is 1. The SMILES string of the molecule is OCc1ccc(-c2cccc(Cc3cc4c(cc3F)NCC4)c2)cc1. The van der Waals surface area contributed by atoms with Gasteiger partial charge in [0, 0.05) is 18.7 Å². The number of hydrogen-bond donors (Lipinski definition) is 2. The van der Waals surface area contributed by atoms with Gasteiger partial charge in [-0.3, -0.25) is 0 Å². The third kappa shape index (κ3) is 3.28. The minimum absolute atomic E-state index is 0.0484. The summed E-state index contributed by atoms with van der Waals surface area (Å²) in [5.41, 5.74) is 7.06. The van der Waals surface area contributed by atoms with E-state index in [9.17, 15) is 4.39 Å². The average molecular weight is 333 g/mol. The Bertz CT molecular complexity index is 902. The number of benzene rings is 3. The lowest BCUT2D eigenvalue weighted by atomic mass is 9.97. The van der Waals surface area contributed by atoms with E-state index in [1.165, 1.54) is 5.56 Å². The Morgan fingerprint density at radius 3 is 2.56 bits per heavy atom. The van der Waals surface area contributed by atoms with E-state index in [1.54, 1.807) is 6.07 Å². The molecule has 0 radical (unpaired) electrons. The quantitative estimate of drug-likeness (QED) is 0.734. The molecule has 4 rings (SSSR count). The predicted octanol–water partition coefficient (Wildman–Crippen LogP) is 4.54. The molecule has 0 unspecified atom stereocenters. The Hall–Kier alpha value is -2.65. The van der Waals surface area contributed by atoms with Gasteiger partial charge in [-0.05, 0) is 45.9 Å². The van der Waals surface area contributed by atoms with Crippen LogP contribution < -0.4 is 5.32 Å². The Morgan fingerprint density at radius 2 is 1.76 bits per heavy atom. The molecule has 0 spiro atoms. The molecule has 2 nitrogen and oxygen atoms in total. The van der Waals surface area contributed by atoms with Crippen LogP contribution in [0, 0.1) is 5.82 Å². The maximum absolute atomic E-state index is 14.4. The van der Waals surface area contributed by atoms with Gasteiger partial charge in [0.1, 0.15) is 5.82 Å². The number of hydrogen-bond acceptors (Lipinski definition) is 2. The monoisotopic (exact) mass is 333 g/mol. The van der Waals surface area contributed by atoms with E-state index >= 15 is 0 Å². The number of aliphatic hydroxyl groups excluding tert-OH is 1. The molecule has 1 aliphatic heterocycles. The summed E-state index contributed by atoms with van der Waals surface area (Å²) in [6.45, 7) is 0.935. The van der Waals surface area contributed by atoms with E-state index in [1.807, 2.05) is 42.5 Å². The smallest absolute Gasteiger partial charge is 0.128 e. The number of nitrogens with one attached hydrogen (secondary N) is 1. The number of rotatable bonds is 4. The van der Waals surface area contributed by atoms with Crippen LogP contribution in [-0.2, 0) is 19.4 Å². The first kappa shape index (κ1) is 15.9. The van der Waals surface area contributed by atoms with Gasteiger partial charge in [0.25, 0.3) is 0 Å². The van der Waals surface area contributed by atoms with Crippen molar-refractivity contribution in [3.8, 4) is 11.1 Å². The summed E-state index contributed by atoms with van der Waals surface area (Å²) in [7, 11) is 0. The van der Waals surface area contributed by atoms with E-state index in [4.69, 9.17) is 5.11 Å². The summed E-state index contributed by atoms with van der Waals surface area (Å²) in [5.74, 6) is -0.147. The molecule has 126 valence electrons. The van der Waals surface area contributed by atoms with Crippen molar-refractivity contribution in [2.75, 3.05) is 11.9 Å². The molecule has 1 heterocycles. The van der Waals surface area contributed by atoms with Gasteiger partial charge in [-0.1, -0.05) is 54.6 Å². The van der Waals surface area contributed by atoms with Gasteiger partial charge in [-0.2, -0.15) is 0 Å². The number of aliphatic hydroxyl groups is 1. The normalized spacial score (nSPS) is 12.7. The van der Waals surface area contributed by atoms with Gasteiger partial charge >= 0.3 is 0 Å². The molecule has 0 amide bonds. The molecule has 25 heavy (non-hydrogen) atoms. The van der Waals surface area contributed by atoms with Gasteiger partial charge in [0.2, 0.25) is 0 Å². The molecule has 0 aliphatic carbocycles. The summed E-state index contributed by atoms with van der Waals surface area (Å²) in [6, 6.07) is 19.7. The largest absolute Gasteiger partial charge is 0.392 e. The molecule has 3 aromatic rings. The lowest BCUT2D eigenvalue weighted by molar-refractivity contribution is 0.282. The second-order valence-electron chi connectivity index (χ2n) is 6.51. The maximum Gasteiger partial charge on any atom is 0.128 e. The Morgan fingerprint density at radius 1 is 0.920 bits per heavy atom. The summed E-state index contributed by atoms with van der Waals surface area (Å²) in [4.78, 5) is 0. The van der Waals surface area contributed by atoms with E-state index in [0.29, 0.717) is 6.42 Å². The highest BCUT2D eigenvalue weighted by atomic mass is 19.1. The van der Waals surface area contributed by atoms with Crippen LogP contribution in [-0.4, -0.2) is 11.7 Å². The van der Waals surface area contributed by atoms with Crippen LogP contribution in [0.3, 0.4) is 0 Å². The molecule has 0 saturated heterocycles. The first-order chi connectivity index (χ1) is 12.2. The minimum Gasteiger partial charge on any atom is -0.392 e. The van der Waals surface area contributed by atoms with Crippen LogP contribution in [0.1, 0.15) is 22.3 Å². The minimum atomic E-state index is -0.147. The molecule has 0 saturated carbocycles. The van der Waals surface area contributed by atoms with Gasteiger partial charge in [-0.25, -0.2) is 4.39 Å². The fraction of sp³-hybridized carbons (Fsp3) is 0.182. The molecule has 1 aliphatic rings. The summed E-state index contributed by atoms with van der Waals surface area (Å²) >= 11 is 0. The molecule has 0 fully saturated rings. The van der Waals surface area contributed by atoms with Crippen LogP contribution >= 0.6 is 0 Å². The van der Waals surface area contributed by atoms with E-state index < -0.39 is 0 Å². The zero-order valence-electron chi connectivity index (χ0n) is 13.9. The Balaban J connectivity index is 1.61. The van der Waals surface area contributed by atoms with Crippen LogP contribution in [0.2, 0.25) is 0 Å². The van der Waals surface area contributed by atoms with E-state index in [0.717, 1.165) is 46.5 Å². The molecular weight excluding hydrogens is 313 g/mol. The second-order valence-corrected chi connectivity index (χ2v) is 6.51. The van der Waals surface area contributed by atoms with Gasteiger partial charge in [0.05, 0.1) is 6.61 Å². The van der Waals surface area contributed by atoms with Crippen LogP contribution in [0.25, 0.3) is 11.1 Å². The van der Waals surface area contributed by atoms with E-state index in [2.05, 4.69) is 17.4 Å². The molecule has 0 atom stereocenters. The maximum atomic E-state index is 14.4. The van der Waals surface area contributed by atoms with Crippen LogP contribution in [0.5, 0.6) is 0 Å². The fourth-order valence-corrected chi connectivity index (χ4v) is 3.39. The highest BCUT2D eigenvalue weighted by Gasteiger charge is 2.14. The number of fused-ring (bicyclic) bond motifs is 1. The lowest BCUT2D eigenvalue weighted by Crippen LogP contribution is -1.96. The zero-order valence-corrected chi connectivity index (χ0v) is 13.9. The topological polar surface area (TPSA) is 32.3 Å². The summed E-state index contributed by atoms with van der Waals surface area (Å²) in [5, 5.41) is 12.4. The van der Waals surface area contributed by atoms with Crippen molar-refractivity contribution < 1.29 is 9.50 Å². The van der Waals surface area contributed by atoms with Crippen molar-refractivity contribution >= 4 is 5.69 Å². The molecule has 2 N–H and O–H groups in total. The lowest BCUT2D eigenvalue weighted by Gasteiger charge is -2.09. The third-order valence-corrected chi connectivity index (χ3v) is 4.77.